The Morgan fingerprint density at radius 3 is 2.40 bits per heavy atom. The Bertz CT molecular complexity index is 1530. The first-order chi connectivity index (χ1) is 20.3. The second kappa shape index (κ2) is 9.42. The van der Waals surface area contributed by atoms with Crippen molar-refractivity contribution in [2.24, 2.45) is 40.7 Å². The number of ether oxygens (including phenoxy) is 1. The molecule has 10 nitrogen and oxygen atoms in total. The summed E-state index contributed by atoms with van der Waals surface area (Å²) in [6, 6.07) is 4.63. The van der Waals surface area contributed by atoms with E-state index in [0.717, 1.165) is 25.7 Å². The van der Waals surface area contributed by atoms with Gasteiger partial charge in [0.05, 0.1) is 12.0 Å². The molecule has 8 rings (SSSR count). The van der Waals surface area contributed by atoms with E-state index in [2.05, 4.69) is 0 Å². The summed E-state index contributed by atoms with van der Waals surface area (Å²) in [5.41, 5.74) is 1.56. The van der Waals surface area contributed by atoms with E-state index >= 15 is 0 Å². The molecule has 1 amide bonds. The summed E-state index contributed by atoms with van der Waals surface area (Å²) in [6.45, 7) is 1.76. The topological polar surface area (TPSA) is 184 Å². The standard InChI is InChI=1S/C33H37NO9/c1-14-18-3-2-4-20(35)24(18)27(38)26-23(14)28(19-10-21(36)25(31(34)41)29(39)33(19,42)30(26)40)43-22(37)13-32-6-5-15-7-16(11-32)9-17(8-15)12-32/h2-4,14-17,19,23,28,35,38-39,42H,5-13H2,1H3,(H2,34,41)/t14-,15?,16?,17?,19+,23+,28+,32?,33+/m0/s1. The predicted octanol–water partition coefficient (Wildman–Crippen LogP) is 3.50. The lowest BCUT2D eigenvalue weighted by atomic mass is 9.55. The van der Waals surface area contributed by atoms with Gasteiger partial charge in [0.1, 0.15) is 28.9 Å². The number of phenolic OH excluding ortho intramolecular Hbond substituents is 1. The molecule has 0 aliphatic heterocycles. The van der Waals surface area contributed by atoms with Crippen LogP contribution in [-0.2, 0) is 23.9 Å². The van der Waals surface area contributed by atoms with Crippen LogP contribution in [0.4, 0.5) is 0 Å². The van der Waals surface area contributed by atoms with E-state index in [0.29, 0.717) is 23.3 Å². The number of aromatic hydroxyl groups is 1. The van der Waals surface area contributed by atoms with Gasteiger partial charge in [-0.2, -0.15) is 0 Å². The molecule has 1 aromatic rings. The van der Waals surface area contributed by atoms with Crippen molar-refractivity contribution in [1.82, 2.24) is 0 Å². The molecule has 1 aromatic carbocycles. The average molecular weight is 592 g/mol. The van der Waals surface area contributed by atoms with E-state index in [9.17, 15) is 39.6 Å². The minimum atomic E-state index is -2.86. The van der Waals surface area contributed by atoms with Crippen LogP contribution in [-0.4, -0.2) is 55.6 Å². The largest absolute Gasteiger partial charge is 0.508 e. The van der Waals surface area contributed by atoms with Gasteiger partial charge in [0.25, 0.3) is 5.91 Å². The maximum Gasteiger partial charge on any atom is 0.306 e. The number of Topliss-reactive ketones (excluding diaryl/α,β-unsaturated/α-hetero) is 2. The normalized spacial score (nSPS) is 39.6. The van der Waals surface area contributed by atoms with Gasteiger partial charge in [-0.15, -0.1) is 0 Å². The molecule has 5 saturated carbocycles. The van der Waals surface area contributed by atoms with Crippen molar-refractivity contribution >= 4 is 29.2 Å². The lowest BCUT2D eigenvalue weighted by Gasteiger charge is -2.51. The van der Waals surface area contributed by atoms with E-state index in [-0.39, 0.29) is 28.7 Å². The molecule has 10 heteroatoms. The maximum atomic E-state index is 14.1. The molecule has 7 aliphatic carbocycles. The van der Waals surface area contributed by atoms with Crippen LogP contribution in [0.1, 0.15) is 81.8 Å². The van der Waals surface area contributed by atoms with Gasteiger partial charge < -0.3 is 30.9 Å². The van der Waals surface area contributed by atoms with Crippen LogP contribution in [0, 0.1) is 35.0 Å². The number of rotatable bonds is 4. The number of hydrogen-bond acceptors (Lipinski definition) is 9. The first kappa shape index (κ1) is 28.1. The number of esters is 1. The van der Waals surface area contributed by atoms with Crippen molar-refractivity contribution in [3.8, 4) is 5.75 Å². The highest BCUT2D eigenvalue weighted by atomic mass is 16.5. The number of hydrogen-bond donors (Lipinski definition) is 5. The number of benzene rings is 1. The van der Waals surface area contributed by atoms with Crippen molar-refractivity contribution < 1.29 is 44.3 Å². The Balaban J connectivity index is 1.32. The Kier molecular flexibility index (Phi) is 6.16. The van der Waals surface area contributed by atoms with Crippen LogP contribution >= 0.6 is 0 Å². The van der Waals surface area contributed by atoms with Gasteiger partial charge in [-0.25, -0.2) is 0 Å². The van der Waals surface area contributed by atoms with Crippen LogP contribution in [0.2, 0.25) is 0 Å². The zero-order valence-corrected chi connectivity index (χ0v) is 24.0. The number of amides is 1. The summed E-state index contributed by atoms with van der Waals surface area (Å²) >= 11 is 0. The molecule has 6 N–H and O–H groups in total. The number of fused-ring (bicyclic) bond motifs is 4. The second-order valence-electron chi connectivity index (χ2n) is 14.1. The van der Waals surface area contributed by atoms with Crippen LogP contribution in [0.15, 0.2) is 35.1 Å². The number of carbonyl (C=O) groups is 4. The van der Waals surface area contributed by atoms with Crippen LogP contribution < -0.4 is 5.73 Å². The van der Waals surface area contributed by atoms with Crippen molar-refractivity contribution in [3.63, 3.8) is 0 Å². The van der Waals surface area contributed by atoms with Crippen LogP contribution in [0.3, 0.4) is 0 Å². The first-order valence-electron chi connectivity index (χ1n) is 15.3. The molecule has 228 valence electrons. The Morgan fingerprint density at radius 1 is 1.05 bits per heavy atom. The highest BCUT2D eigenvalue weighted by molar-refractivity contribution is 6.23. The molecule has 5 fully saturated rings. The van der Waals surface area contributed by atoms with Crippen molar-refractivity contribution in [3.05, 3.63) is 46.2 Å². The van der Waals surface area contributed by atoms with Gasteiger partial charge in [0.2, 0.25) is 5.78 Å². The monoisotopic (exact) mass is 591 g/mol. The number of carbonyl (C=O) groups excluding carboxylic acids is 4. The summed E-state index contributed by atoms with van der Waals surface area (Å²) in [7, 11) is 0. The fraction of sp³-hybridized carbons (Fsp3) is 0.576. The zero-order chi connectivity index (χ0) is 30.6. The first-order valence-corrected chi connectivity index (χ1v) is 15.3. The third kappa shape index (κ3) is 3.94. The molecule has 0 spiro atoms. The smallest absolute Gasteiger partial charge is 0.306 e. The molecule has 0 saturated heterocycles. The van der Waals surface area contributed by atoms with Crippen LogP contribution in [0.5, 0.6) is 5.75 Å². The van der Waals surface area contributed by atoms with E-state index in [4.69, 9.17) is 10.5 Å². The van der Waals surface area contributed by atoms with Gasteiger partial charge in [0.15, 0.2) is 11.4 Å². The minimum Gasteiger partial charge on any atom is -0.508 e. The fourth-order valence-electron chi connectivity index (χ4n) is 10.1. The number of ketones is 2. The molecule has 43 heavy (non-hydrogen) atoms. The summed E-state index contributed by atoms with van der Waals surface area (Å²) in [6.07, 6.45) is 5.77. The molecule has 7 atom stereocenters. The summed E-state index contributed by atoms with van der Waals surface area (Å²) < 4.78 is 6.22. The van der Waals surface area contributed by atoms with Gasteiger partial charge in [-0.05, 0) is 85.7 Å². The minimum absolute atomic E-state index is 0.00298. The van der Waals surface area contributed by atoms with Crippen molar-refractivity contribution in [2.75, 3.05) is 0 Å². The maximum absolute atomic E-state index is 14.1. The van der Waals surface area contributed by atoms with Gasteiger partial charge in [-0.1, -0.05) is 19.1 Å². The Morgan fingerprint density at radius 2 is 1.72 bits per heavy atom. The molecule has 4 bridgehead atoms. The Labute approximate surface area is 248 Å². The van der Waals surface area contributed by atoms with E-state index in [1.165, 1.54) is 25.3 Å². The number of aliphatic hydroxyl groups is 3. The SMILES string of the molecule is C[C@H]1c2cccc(O)c2C(O)=C2C(=O)[C@]3(O)C(O)=C(C(N)=O)C(=O)C[C@@H]3[C@@H](OC(=O)CC34CCC5CC(CC(C5)C3)C4)[C@@H]21. The number of nitrogens with two attached hydrogens (primary N) is 1. The van der Waals surface area contributed by atoms with Crippen molar-refractivity contribution in [2.45, 2.75) is 82.3 Å². The third-order valence-electron chi connectivity index (χ3n) is 11.6. The molecule has 0 heterocycles. The average Bonchev–Trinajstić information content (AvgIpc) is 3.12. The summed E-state index contributed by atoms with van der Waals surface area (Å²) in [5, 5.41) is 45.1. The Hall–Kier alpha value is -3.66. The van der Waals surface area contributed by atoms with E-state index in [1.54, 1.807) is 19.1 Å². The van der Waals surface area contributed by atoms with Gasteiger partial charge in [0, 0.05) is 23.8 Å². The lowest BCUT2D eigenvalue weighted by molar-refractivity contribution is -0.181. The summed E-state index contributed by atoms with van der Waals surface area (Å²) in [4.78, 5) is 53.2. The molecule has 0 radical (unpaired) electrons. The molecular weight excluding hydrogens is 554 g/mol. The molecular formula is C33H37NO9. The summed E-state index contributed by atoms with van der Waals surface area (Å²) in [5.74, 6) is -7.10. The molecule has 2 unspecified atom stereocenters. The third-order valence-corrected chi connectivity index (χ3v) is 11.6. The highest BCUT2D eigenvalue weighted by Crippen LogP contribution is 2.60. The van der Waals surface area contributed by atoms with Gasteiger partial charge >= 0.3 is 5.97 Å². The number of phenols is 1. The fourth-order valence-corrected chi connectivity index (χ4v) is 10.1. The van der Waals surface area contributed by atoms with E-state index in [1.807, 2.05) is 0 Å². The second-order valence-corrected chi connectivity index (χ2v) is 14.1. The molecule has 0 aromatic heterocycles. The van der Waals surface area contributed by atoms with Gasteiger partial charge in [-0.3, -0.25) is 19.2 Å². The van der Waals surface area contributed by atoms with Crippen molar-refractivity contribution in [1.29, 1.82) is 0 Å². The van der Waals surface area contributed by atoms with Crippen LogP contribution in [0.25, 0.3) is 5.76 Å². The quantitative estimate of drug-likeness (QED) is 0.258. The lowest BCUT2D eigenvalue weighted by Crippen LogP contribution is -2.64. The number of aliphatic hydroxyl groups excluding tert-OH is 2. The zero-order valence-electron chi connectivity index (χ0n) is 24.0. The predicted molar refractivity (Wildman–Crippen MR) is 151 cm³/mol. The molecule has 7 aliphatic rings. The number of primary amides is 1. The highest BCUT2D eigenvalue weighted by Gasteiger charge is 2.66. The van der Waals surface area contributed by atoms with E-state index < -0.39 is 76.4 Å².